The smallest absolute Gasteiger partial charge is 0.180 e. The summed E-state index contributed by atoms with van der Waals surface area (Å²) in [5.41, 5.74) is 0. The topological polar surface area (TPSA) is 66.4 Å². The first kappa shape index (κ1) is 14.7. The van der Waals surface area contributed by atoms with E-state index in [1.165, 1.54) is 25.3 Å². The maximum Gasteiger partial charge on any atom is 0.180 e. The van der Waals surface area contributed by atoms with Crippen LogP contribution in [0.1, 0.15) is 25.1 Å². The summed E-state index contributed by atoms with van der Waals surface area (Å²) < 4.78 is 24.0. The van der Waals surface area contributed by atoms with Crippen LogP contribution in [0.5, 0.6) is 0 Å². The molecule has 3 heterocycles. The highest BCUT2D eigenvalue weighted by atomic mass is 32.2. The second-order valence-corrected chi connectivity index (χ2v) is 8.15. The second kappa shape index (κ2) is 5.21. The van der Waals surface area contributed by atoms with Crippen LogP contribution in [0.15, 0.2) is 11.1 Å². The molecule has 0 spiro atoms. The van der Waals surface area contributed by atoms with Gasteiger partial charge in [0.2, 0.25) is 0 Å². The standard InChI is InChI=1S/C14H22N4O2S/c1-10-15-8-13(21(3,19)20)14(16-10)18-7-6-11-4-5-12(9-18)17(11)2/h8,11-12H,4-7,9H2,1-3H3. The lowest BCUT2D eigenvalue weighted by atomic mass is 10.1. The van der Waals surface area contributed by atoms with Gasteiger partial charge in [0.25, 0.3) is 0 Å². The molecule has 2 aliphatic heterocycles. The third-order valence-electron chi connectivity index (χ3n) is 4.70. The van der Waals surface area contributed by atoms with E-state index in [0.29, 0.717) is 23.7 Å². The van der Waals surface area contributed by atoms with Gasteiger partial charge in [-0.3, -0.25) is 4.90 Å². The quantitative estimate of drug-likeness (QED) is 0.807. The molecule has 1 aromatic rings. The van der Waals surface area contributed by atoms with E-state index in [0.717, 1.165) is 19.5 Å². The second-order valence-electron chi connectivity index (χ2n) is 6.16. The molecule has 2 atom stereocenters. The monoisotopic (exact) mass is 310 g/mol. The summed E-state index contributed by atoms with van der Waals surface area (Å²) in [5.74, 6) is 1.19. The highest BCUT2D eigenvalue weighted by molar-refractivity contribution is 7.90. The summed E-state index contributed by atoms with van der Waals surface area (Å²) in [6, 6.07) is 1.10. The average molecular weight is 310 g/mol. The Kier molecular flexibility index (Phi) is 3.65. The molecule has 0 saturated carbocycles. The van der Waals surface area contributed by atoms with Crippen molar-refractivity contribution in [2.24, 2.45) is 0 Å². The molecule has 2 bridgehead atoms. The number of aryl methyl sites for hydroxylation is 1. The minimum Gasteiger partial charge on any atom is -0.354 e. The molecule has 2 saturated heterocycles. The molecule has 3 rings (SSSR count). The van der Waals surface area contributed by atoms with Crippen LogP contribution in [-0.4, -0.2) is 61.8 Å². The minimum absolute atomic E-state index is 0.244. The van der Waals surface area contributed by atoms with E-state index in [-0.39, 0.29) is 4.90 Å². The zero-order valence-electron chi connectivity index (χ0n) is 12.8. The molecule has 7 heteroatoms. The third-order valence-corrected chi connectivity index (χ3v) is 5.79. The van der Waals surface area contributed by atoms with E-state index in [1.54, 1.807) is 6.92 Å². The van der Waals surface area contributed by atoms with Crippen molar-refractivity contribution >= 4 is 15.7 Å². The Morgan fingerprint density at radius 1 is 1.24 bits per heavy atom. The van der Waals surface area contributed by atoms with Crippen LogP contribution in [0, 0.1) is 6.92 Å². The number of anilines is 1. The van der Waals surface area contributed by atoms with Gasteiger partial charge in [0, 0.05) is 31.4 Å². The molecule has 2 aliphatic rings. The first-order valence-electron chi connectivity index (χ1n) is 7.37. The Morgan fingerprint density at radius 2 is 1.95 bits per heavy atom. The molecule has 0 aliphatic carbocycles. The lowest BCUT2D eigenvalue weighted by Gasteiger charge is -2.27. The van der Waals surface area contributed by atoms with E-state index in [4.69, 9.17) is 0 Å². The van der Waals surface area contributed by atoms with Gasteiger partial charge in [-0.2, -0.15) is 0 Å². The van der Waals surface area contributed by atoms with Crippen molar-refractivity contribution in [3.05, 3.63) is 12.0 Å². The number of likely N-dealkylation sites (N-methyl/N-ethyl adjacent to an activating group) is 1. The molecule has 0 N–H and O–H groups in total. The maximum atomic E-state index is 12.0. The Hall–Kier alpha value is -1.21. The summed E-state index contributed by atoms with van der Waals surface area (Å²) in [6.07, 6.45) is 6.15. The van der Waals surface area contributed by atoms with Gasteiger partial charge in [0.15, 0.2) is 15.7 Å². The molecule has 0 aromatic carbocycles. The fourth-order valence-electron chi connectivity index (χ4n) is 3.44. The van der Waals surface area contributed by atoms with Gasteiger partial charge in [-0.1, -0.05) is 0 Å². The van der Waals surface area contributed by atoms with Gasteiger partial charge < -0.3 is 4.90 Å². The van der Waals surface area contributed by atoms with Gasteiger partial charge >= 0.3 is 0 Å². The number of aromatic nitrogens is 2. The van der Waals surface area contributed by atoms with Crippen LogP contribution in [0.3, 0.4) is 0 Å². The van der Waals surface area contributed by atoms with Gasteiger partial charge in [-0.15, -0.1) is 0 Å². The van der Waals surface area contributed by atoms with Crippen molar-refractivity contribution in [3.8, 4) is 0 Å². The predicted molar refractivity (Wildman–Crippen MR) is 81.3 cm³/mol. The molecule has 0 radical (unpaired) electrons. The molecule has 21 heavy (non-hydrogen) atoms. The highest BCUT2D eigenvalue weighted by Gasteiger charge is 2.36. The molecule has 2 unspecified atom stereocenters. The zero-order valence-corrected chi connectivity index (χ0v) is 13.6. The van der Waals surface area contributed by atoms with E-state index in [2.05, 4.69) is 26.8 Å². The summed E-state index contributed by atoms with van der Waals surface area (Å²) in [7, 11) is -1.14. The maximum absolute atomic E-state index is 12.0. The average Bonchev–Trinajstić information content (AvgIpc) is 2.61. The van der Waals surface area contributed by atoms with Crippen molar-refractivity contribution in [2.45, 2.75) is 43.2 Å². The summed E-state index contributed by atoms with van der Waals surface area (Å²) in [6.45, 7) is 3.49. The summed E-state index contributed by atoms with van der Waals surface area (Å²) >= 11 is 0. The molecular formula is C14H22N4O2S. The lowest BCUT2D eigenvalue weighted by molar-refractivity contribution is 0.254. The first-order valence-corrected chi connectivity index (χ1v) is 9.26. The zero-order chi connectivity index (χ0) is 15.2. The van der Waals surface area contributed by atoms with Crippen LogP contribution in [0.25, 0.3) is 0 Å². The Bertz CT molecular complexity index is 646. The number of hydrogen-bond donors (Lipinski definition) is 0. The molecule has 2 fully saturated rings. The predicted octanol–water partition coefficient (Wildman–Crippen LogP) is 0.861. The summed E-state index contributed by atoms with van der Waals surface area (Å²) in [4.78, 5) is 13.3. The molecular weight excluding hydrogens is 288 g/mol. The Labute approximate surface area is 126 Å². The van der Waals surface area contributed by atoms with E-state index in [9.17, 15) is 8.42 Å². The van der Waals surface area contributed by atoms with Crippen molar-refractivity contribution in [1.82, 2.24) is 14.9 Å². The molecule has 6 nitrogen and oxygen atoms in total. The number of hydrogen-bond acceptors (Lipinski definition) is 6. The van der Waals surface area contributed by atoms with Crippen LogP contribution in [0.4, 0.5) is 5.82 Å². The third kappa shape index (κ3) is 2.76. The van der Waals surface area contributed by atoms with Crippen molar-refractivity contribution < 1.29 is 8.42 Å². The molecule has 1 aromatic heterocycles. The minimum atomic E-state index is -3.32. The van der Waals surface area contributed by atoms with Gasteiger partial charge in [0.1, 0.15) is 10.7 Å². The Balaban J connectivity index is 1.99. The SMILES string of the molecule is Cc1ncc(S(C)(=O)=O)c(N2CCC3CCC(C2)N3C)n1. The lowest BCUT2D eigenvalue weighted by Crippen LogP contribution is -2.37. The van der Waals surface area contributed by atoms with Gasteiger partial charge in [-0.25, -0.2) is 18.4 Å². The Morgan fingerprint density at radius 3 is 2.67 bits per heavy atom. The van der Waals surface area contributed by atoms with E-state index >= 15 is 0 Å². The summed E-state index contributed by atoms with van der Waals surface area (Å²) in [5, 5.41) is 0. The normalized spacial score (nSPS) is 26.9. The van der Waals surface area contributed by atoms with Gasteiger partial charge in [-0.05, 0) is 33.2 Å². The number of sulfone groups is 1. The highest BCUT2D eigenvalue weighted by Crippen LogP contribution is 2.32. The number of nitrogens with zero attached hydrogens (tertiary/aromatic N) is 4. The van der Waals surface area contributed by atoms with Gasteiger partial charge in [0.05, 0.1) is 6.20 Å². The van der Waals surface area contributed by atoms with Crippen molar-refractivity contribution in [3.63, 3.8) is 0 Å². The van der Waals surface area contributed by atoms with Crippen LogP contribution < -0.4 is 4.90 Å². The van der Waals surface area contributed by atoms with Crippen LogP contribution in [-0.2, 0) is 9.84 Å². The van der Waals surface area contributed by atoms with E-state index < -0.39 is 9.84 Å². The number of fused-ring (bicyclic) bond motifs is 2. The molecule has 116 valence electrons. The van der Waals surface area contributed by atoms with Crippen LogP contribution >= 0.6 is 0 Å². The van der Waals surface area contributed by atoms with E-state index in [1.807, 2.05) is 0 Å². The van der Waals surface area contributed by atoms with Crippen molar-refractivity contribution in [1.29, 1.82) is 0 Å². The molecule has 0 amide bonds. The largest absolute Gasteiger partial charge is 0.354 e. The fraction of sp³-hybridized carbons (Fsp3) is 0.714. The van der Waals surface area contributed by atoms with Crippen LogP contribution in [0.2, 0.25) is 0 Å². The fourth-order valence-corrected chi connectivity index (χ4v) is 4.19. The van der Waals surface area contributed by atoms with Crippen molar-refractivity contribution in [2.75, 3.05) is 31.3 Å². The number of rotatable bonds is 2. The first-order chi connectivity index (χ1) is 9.86.